The highest BCUT2D eigenvalue weighted by Crippen LogP contribution is 2.24. The van der Waals surface area contributed by atoms with E-state index >= 15 is 0 Å². The molecule has 0 spiro atoms. The van der Waals surface area contributed by atoms with Gasteiger partial charge in [-0.05, 0) is 30.5 Å². The number of halogens is 1. The molecule has 0 radical (unpaired) electrons. The number of nitrogens with one attached hydrogen (secondary N) is 2. The van der Waals surface area contributed by atoms with E-state index in [0.29, 0.717) is 11.4 Å². The van der Waals surface area contributed by atoms with E-state index in [1.165, 1.54) is 7.11 Å². The van der Waals surface area contributed by atoms with Gasteiger partial charge >= 0.3 is 0 Å². The molecule has 0 fully saturated rings. The second kappa shape index (κ2) is 9.27. The van der Waals surface area contributed by atoms with E-state index in [1.54, 1.807) is 12.1 Å². The number of benzene rings is 1. The third kappa shape index (κ3) is 5.91. The molecule has 2 amide bonds. The van der Waals surface area contributed by atoms with Crippen LogP contribution < -0.4 is 21.1 Å². The van der Waals surface area contributed by atoms with Crippen LogP contribution in [0.15, 0.2) is 18.2 Å². The predicted molar refractivity (Wildman–Crippen MR) is 89.4 cm³/mol. The van der Waals surface area contributed by atoms with Crippen molar-refractivity contribution in [2.24, 2.45) is 11.7 Å². The van der Waals surface area contributed by atoms with E-state index in [4.69, 9.17) is 10.5 Å². The van der Waals surface area contributed by atoms with Crippen molar-refractivity contribution in [3.63, 3.8) is 0 Å². The maximum Gasteiger partial charge on any atom is 0.243 e. The molecule has 0 aromatic heterocycles. The number of carbonyl (C=O) groups is 2. The minimum absolute atomic E-state index is 0. The van der Waals surface area contributed by atoms with Crippen LogP contribution in [0.1, 0.15) is 19.4 Å². The highest BCUT2D eigenvalue weighted by atomic mass is 35.5. The maximum atomic E-state index is 11.9. The Labute approximate surface area is 137 Å². The number of nitrogens with two attached hydrogens (primary N) is 1. The minimum Gasteiger partial charge on any atom is -0.495 e. The highest BCUT2D eigenvalue weighted by molar-refractivity contribution is 5.96. The zero-order valence-electron chi connectivity index (χ0n) is 13.3. The molecular formula is C15H24ClN3O3. The Morgan fingerprint density at radius 3 is 2.50 bits per heavy atom. The molecule has 1 rings (SSSR count). The van der Waals surface area contributed by atoms with E-state index in [2.05, 4.69) is 10.6 Å². The molecule has 0 aliphatic rings. The largest absolute Gasteiger partial charge is 0.495 e. The molecule has 0 aliphatic heterocycles. The van der Waals surface area contributed by atoms with Gasteiger partial charge in [-0.15, -0.1) is 12.4 Å². The molecule has 0 saturated carbocycles. The summed E-state index contributed by atoms with van der Waals surface area (Å²) in [5.74, 6) is -0.0800. The lowest BCUT2D eigenvalue weighted by Gasteiger charge is -2.15. The summed E-state index contributed by atoms with van der Waals surface area (Å²) < 4.78 is 5.17. The molecule has 6 nitrogen and oxygen atoms in total. The topological polar surface area (TPSA) is 93.5 Å². The summed E-state index contributed by atoms with van der Waals surface area (Å²) in [7, 11) is 1.53. The molecule has 0 saturated heterocycles. The van der Waals surface area contributed by atoms with Crippen molar-refractivity contribution in [2.75, 3.05) is 19.0 Å². The molecule has 4 N–H and O–H groups in total. The zero-order chi connectivity index (χ0) is 16.0. The van der Waals surface area contributed by atoms with Crippen molar-refractivity contribution in [1.82, 2.24) is 5.32 Å². The molecule has 7 heteroatoms. The van der Waals surface area contributed by atoms with Gasteiger partial charge < -0.3 is 21.1 Å². The Morgan fingerprint density at radius 2 is 1.95 bits per heavy atom. The fourth-order valence-corrected chi connectivity index (χ4v) is 1.70. The lowest BCUT2D eigenvalue weighted by Crippen LogP contribution is -2.46. The summed E-state index contributed by atoms with van der Waals surface area (Å²) in [6.45, 7) is 5.48. The monoisotopic (exact) mass is 329 g/mol. The van der Waals surface area contributed by atoms with Crippen molar-refractivity contribution < 1.29 is 14.3 Å². The zero-order valence-corrected chi connectivity index (χ0v) is 14.1. The molecule has 1 atom stereocenters. The van der Waals surface area contributed by atoms with Crippen molar-refractivity contribution >= 4 is 29.9 Å². The van der Waals surface area contributed by atoms with Gasteiger partial charge in [-0.2, -0.15) is 0 Å². The van der Waals surface area contributed by atoms with Gasteiger partial charge in [0.05, 0.1) is 25.4 Å². The fraction of sp³-hybridized carbons (Fsp3) is 0.467. The first-order chi connectivity index (χ1) is 9.85. The Kier molecular flexibility index (Phi) is 8.52. The Balaban J connectivity index is 0.00000441. The minimum atomic E-state index is -0.619. The van der Waals surface area contributed by atoms with Crippen LogP contribution in [0.5, 0.6) is 5.75 Å². The van der Waals surface area contributed by atoms with Gasteiger partial charge in [0.2, 0.25) is 11.8 Å². The molecule has 1 aromatic rings. The van der Waals surface area contributed by atoms with Gasteiger partial charge in [0, 0.05) is 0 Å². The number of methoxy groups -OCH3 is 1. The van der Waals surface area contributed by atoms with E-state index in [1.807, 2.05) is 26.8 Å². The summed E-state index contributed by atoms with van der Waals surface area (Å²) in [5, 5.41) is 5.23. The van der Waals surface area contributed by atoms with Crippen LogP contribution in [0.25, 0.3) is 0 Å². The summed E-state index contributed by atoms with van der Waals surface area (Å²) in [6, 6.07) is 4.85. The standard InChI is InChI=1S/C15H23N3O3.ClH/c1-9(2)14(16)15(20)17-8-13(19)18-11-7-10(3)5-6-12(11)21-4;/h5-7,9,14H,8,16H2,1-4H3,(H,17,20)(H,18,19);1H/t14-;/m0./s1. The van der Waals surface area contributed by atoms with Gasteiger partial charge in [0.1, 0.15) is 5.75 Å². The number of hydrogen-bond acceptors (Lipinski definition) is 4. The van der Waals surface area contributed by atoms with Gasteiger partial charge in [-0.3, -0.25) is 9.59 Å². The van der Waals surface area contributed by atoms with Crippen LogP contribution >= 0.6 is 12.4 Å². The van der Waals surface area contributed by atoms with Crippen LogP contribution in [-0.4, -0.2) is 31.5 Å². The van der Waals surface area contributed by atoms with E-state index < -0.39 is 6.04 Å². The Bertz CT molecular complexity index is 521. The van der Waals surface area contributed by atoms with E-state index in [9.17, 15) is 9.59 Å². The normalized spacial score (nSPS) is 11.4. The first kappa shape index (κ1) is 20.2. The number of rotatable bonds is 6. The summed E-state index contributed by atoms with van der Waals surface area (Å²) in [4.78, 5) is 23.5. The fourth-order valence-electron chi connectivity index (χ4n) is 1.70. The number of hydrogen-bond donors (Lipinski definition) is 3. The van der Waals surface area contributed by atoms with Gasteiger partial charge in [0.15, 0.2) is 0 Å². The number of aryl methyl sites for hydroxylation is 1. The van der Waals surface area contributed by atoms with Gasteiger partial charge in [0.25, 0.3) is 0 Å². The molecule has 22 heavy (non-hydrogen) atoms. The van der Waals surface area contributed by atoms with Crippen molar-refractivity contribution in [3.05, 3.63) is 23.8 Å². The third-order valence-electron chi connectivity index (χ3n) is 3.07. The summed E-state index contributed by atoms with van der Waals surface area (Å²) in [6.07, 6.45) is 0. The number of ether oxygens (including phenoxy) is 1. The number of anilines is 1. The molecule has 0 heterocycles. The lowest BCUT2D eigenvalue weighted by atomic mass is 10.1. The first-order valence-electron chi connectivity index (χ1n) is 6.83. The average Bonchev–Trinajstić information content (AvgIpc) is 2.44. The van der Waals surface area contributed by atoms with Crippen LogP contribution in [0.4, 0.5) is 5.69 Å². The maximum absolute atomic E-state index is 11.9. The highest BCUT2D eigenvalue weighted by Gasteiger charge is 2.17. The molecule has 0 bridgehead atoms. The van der Waals surface area contributed by atoms with Gasteiger partial charge in [-0.25, -0.2) is 0 Å². The van der Waals surface area contributed by atoms with Crippen molar-refractivity contribution in [1.29, 1.82) is 0 Å². The Morgan fingerprint density at radius 1 is 1.32 bits per heavy atom. The molecule has 0 aliphatic carbocycles. The number of carbonyl (C=O) groups excluding carboxylic acids is 2. The SMILES string of the molecule is COc1ccc(C)cc1NC(=O)CNC(=O)[C@@H](N)C(C)C.Cl. The summed E-state index contributed by atoms with van der Waals surface area (Å²) in [5.41, 5.74) is 7.27. The lowest BCUT2D eigenvalue weighted by molar-refractivity contribution is -0.125. The van der Waals surface area contributed by atoms with E-state index in [-0.39, 0.29) is 36.7 Å². The van der Waals surface area contributed by atoms with Gasteiger partial charge in [-0.1, -0.05) is 19.9 Å². The van der Waals surface area contributed by atoms with Crippen LogP contribution in [0.2, 0.25) is 0 Å². The molecule has 124 valence electrons. The van der Waals surface area contributed by atoms with Crippen molar-refractivity contribution in [3.8, 4) is 5.75 Å². The van der Waals surface area contributed by atoms with Crippen LogP contribution in [0, 0.1) is 12.8 Å². The van der Waals surface area contributed by atoms with Crippen LogP contribution in [0.3, 0.4) is 0 Å². The smallest absolute Gasteiger partial charge is 0.243 e. The Hall–Kier alpha value is -1.79. The molecular weight excluding hydrogens is 306 g/mol. The number of amides is 2. The second-order valence-electron chi connectivity index (χ2n) is 5.24. The van der Waals surface area contributed by atoms with Crippen LogP contribution in [-0.2, 0) is 9.59 Å². The third-order valence-corrected chi connectivity index (χ3v) is 3.07. The predicted octanol–water partition coefficient (Wildman–Crippen LogP) is 1.46. The quantitative estimate of drug-likeness (QED) is 0.736. The summed E-state index contributed by atoms with van der Waals surface area (Å²) >= 11 is 0. The first-order valence-corrected chi connectivity index (χ1v) is 6.83. The second-order valence-corrected chi connectivity index (χ2v) is 5.24. The average molecular weight is 330 g/mol. The molecule has 0 unspecified atom stereocenters. The van der Waals surface area contributed by atoms with E-state index in [0.717, 1.165) is 5.56 Å². The molecule has 1 aromatic carbocycles. The van der Waals surface area contributed by atoms with Crippen molar-refractivity contribution in [2.45, 2.75) is 26.8 Å².